The normalized spacial score (nSPS) is 9.60. The van der Waals surface area contributed by atoms with Crippen molar-refractivity contribution in [3.05, 3.63) is 71.4 Å². The van der Waals surface area contributed by atoms with Crippen molar-refractivity contribution in [2.45, 2.75) is 6.42 Å². The third-order valence-corrected chi connectivity index (χ3v) is 2.81. The molecule has 0 aliphatic heterocycles. The second-order valence-electron chi connectivity index (χ2n) is 4.12. The number of hydrogen-bond acceptors (Lipinski definition) is 3. The van der Waals surface area contributed by atoms with Crippen LogP contribution in [0.5, 0.6) is 0 Å². The molecule has 0 saturated carbocycles. The lowest BCUT2D eigenvalue weighted by Crippen LogP contribution is -2.00. The molecule has 1 aromatic heterocycles. The predicted octanol–water partition coefficient (Wildman–Crippen LogP) is 3.99. The molecule has 0 aliphatic rings. The number of carbonyl (C=O) groups is 1. The lowest BCUT2D eigenvalue weighted by Gasteiger charge is -2.08. The third-order valence-electron chi connectivity index (χ3n) is 2.81. The Hall–Kier alpha value is -2.91. The zero-order valence-corrected chi connectivity index (χ0v) is 10.7. The summed E-state index contributed by atoms with van der Waals surface area (Å²) in [6.45, 7) is 3.47. The molecule has 0 spiro atoms. The van der Waals surface area contributed by atoms with E-state index in [1.807, 2.05) is 12.1 Å². The van der Waals surface area contributed by atoms with Crippen LogP contribution in [0.1, 0.15) is 5.56 Å². The van der Waals surface area contributed by atoms with Crippen LogP contribution in [0.2, 0.25) is 0 Å². The molecule has 1 heterocycles. The molecule has 0 unspecified atom stereocenters. The van der Waals surface area contributed by atoms with E-state index in [-0.39, 0.29) is 12.2 Å². The molecule has 2 aromatic rings. The van der Waals surface area contributed by atoms with Crippen LogP contribution in [0, 0.1) is 0 Å². The van der Waals surface area contributed by atoms with Crippen molar-refractivity contribution in [1.82, 2.24) is 4.98 Å². The number of carbonyl (C=O) groups excluding carboxylic acids is 1. The summed E-state index contributed by atoms with van der Waals surface area (Å²) in [7, 11) is 0. The quantitative estimate of drug-likeness (QED) is 0.354. The van der Waals surface area contributed by atoms with Gasteiger partial charge >= 0.3 is 0 Å². The average Bonchev–Trinajstić information content (AvgIpc) is 2.48. The lowest BCUT2D eigenvalue weighted by molar-refractivity contribution is -0.114. The van der Waals surface area contributed by atoms with Crippen LogP contribution < -0.4 is 0 Å². The standard InChI is InChI=1S/C15H12N4O/c1-2-14(20)9-12-10-17-7-6-15(12)11-4-3-5-13(8-11)18-19-16/h2-8,10H,1,9H2. The molecule has 0 N–H and O–H groups in total. The number of pyridine rings is 1. The molecule has 0 atom stereocenters. The van der Waals surface area contributed by atoms with Gasteiger partial charge in [-0.2, -0.15) is 0 Å². The second-order valence-corrected chi connectivity index (χ2v) is 4.12. The summed E-state index contributed by atoms with van der Waals surface area (Å²) in [5.41, 5.74) is 11.6. The van der Waals surface area contributed by atoms with Gasteiger partial charge < -0.3 is 0 Å². The van der Waals surface area contributed by atoms with Gasteiger partial charge in [0, 0.05) is 29.4 Å². The number of hydrogen-bond donors (Lipinski definition) is 0. The van der Waals surface area contributed by atoms with Crippen LogP contribution in [0.25, 0.3) is 21.6 Å². The first-order valence-corrected chi connectivity index (χ1v) is 5.98. The van der Waals surface area contributed by atoms with Gasteiger partial charge in [0.2, 0.25) is 0 Å². The van der Waals surface area contributed by atoms with Gasteiger partial charge in [-0.25, -0.2) is 0 Å². The highest BCUT2D eigenvalue weighted by Gasteiger charge is 2.08. The van der Waals surface area contributed by atoms with Crippen LogP contribution in [0.3, 0.4) is 0 Å². The molecule has 0 radical (unpaired) electrons. The number of azide groups is 1. The lowest BCUT2D eigenvalue weighted by atomic mass is 9.98. The van der Waals surface area contributed by atoms with E-state index in [0.717, 1.165) is 16.7 Å². The highest BCUT2D eigenvalue weighted by atomic mass is 16.1. The van der Waals surface area contributed by atoms with Crippen LogP contribution in [0.4, 0.5) is 5.69 Å². The summed E-state index contributed by atoms with van der Waals surface area (Å²) in [6.07, 6.45) is 4.88. The minimum Gasteiger partial charge on any atom is -0.295 e. The van der Waals surface area contributed by atoms with Gasteiger partial charge in [0.05, 0.1) is 0 Å². The van der Waals surface area contributed by atoms with Gasteiger partial charge in [0.1, 0.15) is 0 Å². The monoisotopic (exact) mass is 264 g/mol. The highest BCUT2D eigenvalue weighted by molar-refractivity contribution is 5.92. The van der Waals surface area contributed by atoms with E-state index in [4.69, 9.17) is 5.53 Å². The van der Waals surface area contributed by atoms with E-state index in [1.54, 1.807) is 30.6 Å². The Labute approximate surface area is 116 Å². The number of nitrogens with zero attached hydrogens (tertiary/aromatic N) is 4. The molecule has 1 aromatic carbocycles. The maximum absolute atomic E-state index is 11.5. The van der Waals surface area contributed by atoms with E-state index in [2.05, 4.69) is 21.6 Å². The molecule has 2 rings (SSSR count). The maximum Gasteiger partial charge on any atom is 0.159 e. The van der Waals surface area contributed by atoms with Gasteiger partial charge in [-0.05, 0) is 40.4 Å². The zero-order chi connectivity index (χ0) is 14.4. The molecule has 5 nitrogen and oxygen atoms in total. The van der Waals surface area contributed by atoms with E-state index in [9.17, 15) is 4.79 Å². The second kappa shape index (κ2) is 6.31. The van der Waals surface area contributed by atoms with Crippen LogP contribution >= 0.6 is 0 Å². The minimum absolute atomic E-state index is 0.0644. The summed E-state index contributed by atoms with van der Waals surface area (Å²) in [5.74, 6) is -0.0644. The largest absolute Gasteiger partial charge is 0.295 e. The Bertz CT molecular complexity index is 703. The Morgan fingerprint density at radius 3 is 3.05 bits per heavy atom. The van der Waals surface area contributed by atoms with Crippen molar-refractivity contribution in [3.8, 4) is 11.1 Å². The van der Waals surface area contributed by atoms with Crippen LogP contribution in [0.15, 0.2) is 60.5 Å². The van der Waals surface area contributed by atoms with Crippen molar-refractivity contribution in [1.29, 1.82) is 0 Å². The minimum atomic E-state index is -0.0644. The number of ketones is 1. The van der Waals surface area contributed by atoms with Crippen LogP contribution in [-0.2, 0) is 11.2 Å². The topological polar surface area (TPSA) is 78.7 Å². The van der Waals surface area contributed by atoms with Crippen LogP contribution in [-0.4, -0.2) is 10.8 Å². The van der Waals surface area contributed by atoms with E-state index < -0.39 is 0 Å². The average molecular weight is 264 g/mol. The number of rotatable bonds is 5. The maximum atomic E-state index is 11.5. The van der Waals surface area contributed by atoms with Gasteiger partial charge in [0.25, 0.3) is 0 Å². The molecule has 0 amide bonds. The first-order chi connectivity index (χ1) is 9.74. The molecular weight excluding hydrogens is 252 g/mol. The van der Waals surface area contributed by atoms with E-state index in [0.29, 0.717) is 5.69 Å². The Morgan fingerprint density at radius 1 is 1.45 bits per heavy atom. The highest BCUT2D eigenvalue weighted by Crippen LogP contribution is 2.27. The summed E-state index contributed by atoms with van der Waals surface area (Å²) in [6, 6.07) is 9.03. The SMILES string of the molecule is C=CC(=O)Cc1cnccc1-c1cccc(N=[N+]=[N-])c1. The van der Waals surface area contributed by atoms with E-state index in [1.165, 1.54) is 6.08 Å². The fraction of sp³-hybridized carbons (Fsp3) is 0.0667. The summed E-state index contributed by atoms with van der Waals surface area (Å²) < 4.78 is 0. The molecule has 0 saturated heterocycles. The van der Waals surface area contributed by atoms with Crippen molar-refractivity contribution in [2.75, 3.05) is 0 Å². The first-order valence-electron chi connectivity index (χ1n) is 5.98. The Morgan fingerprint density at radius 2 is 2.30 bits per heavy atom. The van der Waals surface area contributed by atoms with Crippen molar-refractivity contribution in [2.24, 2.45) is 5.11 Å². The van der Waals surface area contributed by atoms with Crippen molar-refractivity contribution in [3.63, 3.8) is 0 Å². The number of allylic oxidation sites excluding steroid dienone is 1. The summed E-state index contributed by atoms with van der Waals surface area (Å²) >= 11 is 0. The van der Waals surface area contributed by atoms with Crippen molar-refractivity contribution >= 4 is 11.5 Å². The zero-order valence-electron chi connectivity index (χ0n) is 10.7. The molecule has 0 aliphatic carbocycles. The molecule has 5 heteroatoms. The van der Waals surface area contributed by atoms with Gasteiger partial charge in [-0.15, -0.1) is 0 Å². The van der Waals surface area contributed by atoms with Gasteiger partial charge in [-0.1, -0.05) is 29.9 Å². The smallest absolute Gasteiger partial charge is 0.159 e. The number of aromatic nitrogens is 1. The molecule has 0 fully saturated rings. The Balaban J connectivity index is 2.46. The molecule has 20 heavy (non-hydrogen) atoms. The van der Waals surface area contributed by atoms with Gasteiger partial charge in [-0.3, -0.25) is 9.78 Å². The Kier molecular flexibility index (Phi) is 4.27. The van der Waals surface area contributed by atoms with Crippen molar-refractivity contribution < 1.29 is 4.79 Å². The molecule has 98 valence electrons. The fourth-order valence-corrected chi connectivity index (χ4v) is 1.90. The first kappa shape index (κ1) is 13.5. The predicted molar refractivity (Wildman–Crippen MR) is 77.4 cm³/mol. The fourth-order valence-electron chi connectivity index (χ4n) is 1.90. The van der Waals surface area contributed by atoms with E-state index >= 15 is 0 Å². The summed E-state index contributed by atoms with van der Waals surface area (Å²) in [5, 5.41) is 3.58. The number of benzene rings is 1. The molecule has 0 bridgehead atoms. The summed E-state index contributed by atoms with van der Waals surface area (Å²) in [4.78, 5) is 18.3. The third kappa shape index (κ3) is 3.10. The van der Waals surface area contributed by atoms with Gasteiger partial charge in [0.15, 0.2) is 5.78 Å². The molecular formula is C15H12N4O.